The van der Waals surface area contributed by atoms with Crippen molar-refractivity contribution in [3.05, 3.63) is 29.6 Å². The van der Waals surface area contributed by atoms with Crippen LogP contribution in [0.5, 0.6) is 0 Å². The Morgan fingerprint density at radius 1 is 1.50 bits per heavy atom. The van der Waals surface area contributed by atoms with Gasteiger partial charge in [-0.2, -0.15) is 0 Å². The Bertz CT molecular complexity index is 719. The average molecular weight is 330 g/mol. The van der Waals surface area contributed by atoms with Gasteiger partial charge < -0.3 is 9.64 Å². The van der Waals surface area contributed by atoms with Gasteiger partial charge >= 0.3 is 5.97 Å². The maximum absolute atomic E-state index is 14.1. The Labute approximate surface area is 126 Å². The highest BCUT2D eigenvalue weighted by Gasteiger charge is 2.34. The van der Waals surface area contributed by atoms with E-state index in [1.807, 2.05) is 0 Å². The Hall–Kier alpha value is -2.00. The van der Waals surface area contributed by atoms with E-state index >= 15 is 0 Å². The number of hydrogen-bond acceptors (Lipinski definition) is 5. The summed E-state index contributed by atoms with van der Waals surface area (Å²) in [6.45, 7) is 0.0593. The van der Waals surface area contributed by atoms with Gasteiger partial charge in [-0.1, -0.05) is 0 Å². The van der Waals surface area contributed by atoms with Crippen LogP contribution in [0.15, 0.2) is 18.2 Å². The minimum absolute atomic E-state index is 0.00503. The van der Waals surface area contributed by atoms with Crippen LogP contribution in [0.4, 0.5) is 10.1 Å². The number of nitrogens with zero attached hydrogens (tertiary/aromatic N) is 1. The van der Waals surface area contributed by atoms with E-state index < -0.39 is 33.6 Å². The summed E-state index contributed by atoms with van der Waals surface area (Å²) in [4.78, 5) is 24.4. The zero-order valence-electron chi connectivity index (χ0n) is 11.8. The van der Waals surface area contributed by atoms with Crippen molar-refractivity contribution in [1.82, 2.24) is 0 Å². The minimum atomic E-state index is -3.70. The number of carbonyl (C=O) groups is 2. The number of ether oxygens (including phenoxy) is 1. The maximum Gasteiger partial charge on any atom is 0.337 e. The molecule has 0 radical (unpaired) electrons. The van der Waals surface area contributed by atoms with Crippen LogP contribution in [0.25, 0.3) is 0 Å². The van der Waals surface area contributed by atoms with E-state index in [9.17, 15) is 22.4 Å². The summed E-state index contributed by atoms with van der Waals surface area (Å²) in [7, 11) is -2.53. The minimum Gasteiger partial charge on any atom is -0.465 e. The largest absolute Gasteiger partial charge is 0.465 e. The first-order valence-electron chi connectivity index (χ1n) is 6.40. The summed E-state index contributed by atoms with van der Waals surface area (Å²) in [6, 6.07) is 3.60. The van der Waals surface area contributed by atoms with Crippen molar-refractivity contribution >= 4 is 27.6 Å². The third kappa shape index (κ3) is 3.60. The van der Waals surface area contributed by atoms with Crippen LogP contribution in [-0.4, -0.2) is 39.7 Å². The smallest absolute Gasteiger partial charge is 0.337 e. The van der Waals surface area contributed by atoms with Crippen molar-refractivity contribution in [2.45, 2.75) is 6.42 Å². The van der Waals surface area contributed by atoms with Crippen LogP contribution < -0.4 is 10.0 Å². The summed E-state index contributed by atoms with van der Waals surface area (Å²) < 4.78 is 40.7. The number of primary sulfonamides is 1. The maximum atomic E-state index is 14.1. The average Bonchev–Trinajstić information content (AvgIpc) is 2.76. The van der Waals surface area contributed by atoms with Crippen molar-refractivity contribution in [3.63, 3.8) is 0 Å². The number of methoxy groups -OCH3 is 1. The molecule has 7 nitrogen and oxygen atoms in total. The second kappa shape index (κ2) is 6.01. The number of amides is 1. The highest BCUT2D eigenvalue weighted by molar-refractivity contribution is 7.89. The van der Waals surface area contributed by atoms with Crippen LogP contribution in [0, 0.1) is 11.7 Å². The molecule has 2 rings (SSSR count). The summed E-state index contributed by atoms with van der Waals surface area (Å²) >= 11 is 0. The lowest BCUT2D eigenvalue weighted by atomic mass is 10.1. The number of esters is 1. The van der Waals surface area contributed by atoms with Crippen molar-refractivity contribution in [2.24, 2.45) is 11.1 Å². The van der Waals surface area contributed by atoms with E-state index in [-0.39, 0.29) is 30.0 Å². The fraction of sp³-hybridized carbons (Fsp3) is 0.385. The van der Waals surface area contributed by atoms with Gasteiger partial charge in [0, 0.05) is 18.9 Å². The standard InChI is InChI=1S/C13H15FN2O5S/c1-21-13(18)9-2-3-11(10(14)5-9)16-6-8(4-12(16)17)7-22(15,19)20/h2-3,5,8H,4,6-7H2,1H3,(H2,15,19,20). The number of carbonyl (C=O) groups excluding carboxylic acids is 2. The van der Waals surface area contributed by atoms with Crippen molar-refractivity contribution in [2.75, 3.05) is 24.3 Å². The molecule has 1 amide bonds. The molecule has 9 heteroatoms. The third-order valence-electron chi connectivity index (χ3n) is 3.33. The topological polar surface area (TPSA) is 107 Å². The first-order chi connectivity index (χ1) is 10.2. The molecule has 0 bridgehead atoms. The van der Waals surface area contributed by atoms with E-state index in [1.165, 1.54) is 19.2 Å². The van der Waals surface area contributed by atoms with E-state index in [0.717, 1.165) is 11.0 Å². The first kappa shape index (κ1) is 16.4. The van der Waals surface area contributed by atoms with Crippen molar-refractivity contribution < 1.29 is 27.1 Å². The number of benzene rings is 1. The quantitative estimate of drug-likeness (QED) is 0.797. The molecule has 1 aromatic rings. The lowest BCUT2D eigenvalue weighted by Gasteiger charge is -2.17. The number of halogens is 1. The highest BCUT2D eigenvalue weighted by Crippen LogP contribution is 2.28. The van der Waals surface area contributed by atoms with E-state index in [2.05, 4.69) is 4.74 Å². The summed E-state index contributed by atoms with van der Waals surface area (Å²) in [5, 5.41) is 4.96. The lowest BCUT2D eigenvalue weighted by Crippen LogP contribution is -2.28. The monoisotopic (exact) mass is 330 g/mol. The van der Waals surface area contributed by atoms with Crippen LogP contribution in [0.2, 0.25) is 0 Å². The Balaban J connectivity index is 2.22. The van der Waals surface area contributed by atoms with E-state index in [1.54, 1.807) is 0 Å². The van der Waals surface area contributed by atoms with Gasteiger partial charge in [0.25, 0.3) is 0 Å². The highest BCUT2D eigenvalue weighted by atomic mass is 32.2. The fourth-order valence-electron chi connectivity index (χ4n) is 2.43. The number of anilines is 1. The van der Waals surface area contributed by atoms with Gasteiger partial charge in [0.15, 0.2) is 0 Å². The van der Waals surface area contributed by atoms with Crippen LogP contribution >= 0.6 is 0 Å². The van der Waals surface area contributed by atoms with Crippen molar-refractivity contribution in [3.8, 4) is 0 Å². The number of sulfonamides is 1. The van der Waals surface area contributed by atoms with Crippen LogP contribution in [0.1, 0.15) is 16.8 Å². The number of rotatable bonds is 4. The van der Waals surface area contributed by atoms with Gasteiger partial charge in [-0.15, -0.1) is 0 Å². The molecule has 1 aliphatic heterocycles. The summed E-state index contributed by atoms with van der Waals surface area (Å²) in [5.41, 5.74) is 0.0195. The van der Waals surface area contributed by atoms with Gasteiger partial charge in [-0.05, 0) is 18.2 Å². The predicted octanol–water partition coefficient (Wildman–Crippen LogP) is 0.254. The SMILES string of the molecule is COC(=O)c1ccc(N2CC(CS(N)(=O)=O)CC2=O)c(F)c1. The zero-order valence-corrected chi connectivity index (χ0v) is 12.6. The molecule has 0 saturated carbocycles. The third-order valence-corrected chi connectivity index (χ3v) is 4.27. The van der Waals surface area contributed by atoms with Gasteiger partial charge in [-0.3, -0.25) is 4.79 Å². The van der Waals surface area contributed by atoms with E-state index in [0.29, 0.717) is 0 Å². The van der Waals surface area contributed by atoms with Crippen LogP contribution in [-0.2, 0) is 19.6 Å². The molecule has 120 valence electrons. The Morgan fingerprint density at radius 3 is 2.73 bits per heavy atom. The number of nitrogens with two attached hydrogens (primary N) is 1. The van der Waals surface area contributed by atoms with Gasteiger partial charge in [0.2, 0.25) is 15.9 Å². The second-order valence-corrected chi connectivity index (χ2v) is 6.72. The molecule has 1 aliphatic rings. The molecule has 0 aromatic heterocycles. The molecule has 1 saturated heterocycles. The second-order valence-electron chi connectivity index (χ2n) is 5.06. The molecule has 1 aromatic carbocycles. The molecular weight excluding hydrogens is 315 g/mol. The summed E-state index contributed by atoms with van der Waals surface area (Å²) in [6.07, 6.45) is -0.0192. The molecule has 2 N–H and O–H groups in total. The first-order valence-corrected chi connectivity index (χ1v) is 8.11. The Kier molecular flexibility index (Phi) is 4.47. The molecule has 22 heavy (non-hydrogen) atoms. The molecule has 0 aliphatic carbocycles. The predicted molar refractivity (Wildman–Crippen MR) is 76.2 cm³/mol. The lowest BCUT2D eigenvalue weighted by molar-refractivity contribution is -0.117. The normalized spacial score (nSPS) is 18.6. The molecule has 1 unspecified atom stereocenters. The fourth-order valence-corrected chi connectivity index (χ4v) is 3.31. The number of hydrogen-bond donors (Lipinski definition) is 1. The van der Waals surface area contributed by atoms with E-state index in [4.69, 9.17) is 5.14 Å². The van der Waals surface area contributed by atoms with Gasteiger partial charge in [0.05, 0.1) is 24.1 Å². The molecule has 1 fully saturated rings. The molecular formula is C13H15FN2O5S. The summed E-state index contributed by atoms with van der Waals surface area (Å²) in [5.74, 6) is -2.66. The van der Waals surface area contributed by atoms with Crippen LogP contribution in [0.3, 0.4) is 0 Å². The van der Waals surface area contributed by atoms with Gasteiger partial charge in [-0.25, -0.2) is 22.7 Å². The molecule has 1 heterocycles. The zero-order chi connectivity index (χ0) is 16.5. The Morgan fingerprint density at radius 2 is 2.18 bits per heavy atom. The molecule has 0 spiro atoms. The van der Waals surface area contributed by atoms with Crippen molar-refractivity contribution in [1.29, 1.82) is 0 Å². The molecule has 1 atom stereocenters. The van der Waals surface area contributed by atoms with Gasteiger partial charge in [0.1, 0.15) is 5.82 Å².